The summed E-state index contributed by atoms with van der Waals surface area (Å²) in [5.74, 6) is 3.41. The SMILES string of the molecule is C[C@H]1[C@H](/C=C/c2ccc(-c3ccccc3C#N)cn2)[C@H](CNCC2C[C@H](C)[C@@H](C)[C@H](/C=C/c3ccc(-c4ccccc4C#N)cn3)C2C=O)CC[C@@H]1C. The van der Waals surface area contributed by atoms with Crippen molar-refractivity contribution in [1.82, 2.24) is 15.3 Å². The summed E-state index contributed by atoms with van der Waals surface area (Å²) in [4.78, 5) is 22.1. The molecule has 0 bridgehead atoms. The molecule has 9 atom stereocenters. The fraction of sp³-hybridized carbons (Fsp3) is 0.383. The van der Waals surface area contributed by atoms with Crippen molar-refractivity contribution < 1.29 is 4.79 Å². The standard InChI is InChI=1S/C47H51N5O/c1-31-13-14-37(43(33(31)3)21-19-41-17-15-38(28-51-41)45-11-7-5-9-35(45)24-48)26-50-27-40-23-32(2)34(4)44(47(40)30-53)22-20-42-18-16-39(29-52-42)46-12-8-6-10-36(46)25-49/h5-12,15-22,28-34,37,40,43-44,47,50H,13-14,23,26-27H2,1-4H3/b21-19+,22-20+/t31-,32-,33+,34+,37-,40?,43-,44-,47?/m0/s1. The number of aldehydes is 1. The Labute approximate surface area is 315 Å². The minimum Gasteiger partial charge on any atom is -0.316 e. The number of benzene rings is 2. The van der Waals surface area contributed by atoms with Gasteiger partial charge in [0.2, 0.25) is 0 Å². The molecule has 2 aliphatic rings. The predicted octanol–water partition coefficient (Wildman–Crippen LogP) is 9.89. The van der Waals surface area contributed by atoms with Crippen molar-refractivity contribution in [2.45, 2.75) is 47.0 Å². The lowest BCUT2D eigenvalue weighted by atomic mass is 9.63. The number of rotatable bonds is 11. The second kappa shape index (κ2) is 17.6. The first kappa shape index (κ1) is 37.6. The smallest absolute Gasteiger partial charge is 0.123 e. The second-order valence-corrected chi connectivity index (χ2v) is 15.5. The van der Waals surface area contributed by atoms with Gasteiger partial charge in [0.25, 0.3) is 0 Å². The van der Waals surface area contributed by atoms with Gasteiger partial charge in [0.1, 0.15) is 6.29 Å². The van der Waals surface area contributed by atoms with Crippen molar-refractivity contribution in [3.63, 3.8) is 0 Å². The van der Waals surface area contributed by atoms with E-state index in [1.165, 1.54) is 19.1 Å². The molecule has 6 nitrogen and oxygen atoms in total. The fourth-order valence-electron chi connectivity index (χ4n) is 8.79. The molecule has 270 valence electrons. The molecular weight excluding hydrogens is 651 g/mol. The molecule has 0 spiro atoms. The van der Waals surface area contributed by atoms with E-state index >= 15 is 0 Å². The first-order valence-corrected chi connectivity index (χ1v) is 19.2. The Kier molecular flexibility index (Phi) is 12.5. The number of carbonyl (C=O) groups is 1. The van der Waals surface area contributed by atoms with E-state index in [0.29, 0.717) is 46.6 Å². The molecule has 2 saturated carbocycles. The van der Waals surface area contributed by atoms with Crippen LogP contribution in [0.1, 0.15) is 69.5 Å². The van der Waals surface area contributed by atoms with Gasteiger partial charge in [-0.15, -0.1) is 0 Å². The van der Waals surface area contributed by atoms with Gasteiger partial charge >= 0.3 is 0 Å². The maximum atomic E-state index is 12.7. The number of carbonyl (C=O) groups excluding carboxylic acids is 1. The highest BCUT2D eigenvalue weighted by Gasteiger charge is 2.40. The number of hydrogen-bond donors (Lipinski definition) is 1. The number of hydrogen-bond acceptors (Lipinski definition) is 6. The van der Waals surface area contributed by atoms with Crippen molar-refractivity contribution in [1.29, 1.82) is 10.5 Å². The third-order valence-electron chi connectivity index (χ3n) is 12.4. The van der Waals surface area contributed by atoms with Crippen LogP contribution in [-0.4, -0.2) is 29.3 Å². The number of allylic oxidation sites excluding steroid dienone is 2. The van der Waals surface area contributed by atoms with Crippen LogP contribution in [-0.2, 0) is 4.79 Å². The van der Waals surface area contributed by atoms with Gasteiger partial charge in [-0.3, -0.25) is 9.97 Å². The molecule has 2 unspecified atom stereocenters. The van der Waals surface area contributed by atoms with Crippen molar-refractivity contribution in [3.05, 3.63) is 120 Å². The summed E-state index contributed by atoms with van der Waals surface area (Å²) in [6.07, 6.45) is 17.2. The molecule has 2 heterocycles. The van der Waals surface area contributed by atoms with E-state index in [4.69, 9.17) is 4.98 Å². The number of nitrogens with one attached hydrogen (secondary N) is 1. The zero-order chi connectivity index (χ0) is 37.3. The molecule has 2 aliphatic carbocycles. The number of pyridine rings is 2. The number of aromatic nitrogens is 2. The van der Waals surface area contributed by atoms with E-state index in [0.717, 1.165) is 53.2 Å². The minimum atomic E-state index is -0.0538. The average Bonchev–Trinajstić information content (AvgIpc) is 3.20. The summed E-state index contributed by atoms with van der Waals surface area (Å²) in [5, 5.41) is 22.9. The van der Waals surface area contributed by atoms with Crippen molar-refractivity contribution >= 4 is 18.4 Å². The maximum absolute atomic E-state index is 12.7. The molecule has 1 N–H and O–H groups in total. The quantitative estimate of drug-likeness (QED) is 0.156. The highest BCUT2D eigenvalue weighted by Crippen LogP contribution is 2.43. The lowest BCUT2D eigenvalue weighted by Gasteiger charge is -2.43. The van der Waals surface area contributed by atoms with Crippen LogP contribution in [0.3, 0.4) is 0 Å². The molecule has 2 aromatic carbocycles. The van der Waals surface area contributed by atoms with Crippen molar-refractivity contribution in [2.24, 2.45) is 53.3 Å². The van der Waals surface area contributed by atoms with E-state index in [1.54, 1.807) is 0 Å². The van der Waals surface area contributed by atoms with E-state index in [-0.39, 0.29) is 17.8 Å². The van der Waals surface area contributed by atoms with E-state index < -0.39 is 0 Å². The molecule has 0 amide bonds. The zero-order valence-corrected chi connectivity index (χ0v) is 31.4. The van der Waals surface area contributed by atoms with Gasteiger partial charge in [-0.1, -0.05) is 94.8 Å². The summed E-state index contributed by atoms with van der Waals surface area (Å²) >= 11 is 0. The van der Waals surface area contributed by atoms with Gasteiger partial charge in [-0.2, -0.15) is 10.5 Å². The summed E-state index contributed by atoms with van der Waals surface area (Å²) in [6.45, 7) is 11.1. The Morgan fingerprint density at radius 1 is 0.660 bits per heavy atom. The predicted molar refractivity (Wildman–Crippen MR) is 214 cm³/mol. The molecule has 6 rings (SSSR count). The summed E-state index contributed by atoms with van der Waals surface area (Å²) in [5.41, 5.74) is 6.71. The topological polar surface area (TPSA) is 102 Å². The summed E-state index contributed by atoms with van der Waals surface area (Å²) in [6, 6.07) is 27.9. The van der Waals surface area contributed by atoms with Gasteiger partial charge in [0.05, 0.1) is 34.7 Å². The molecular formula is C47H51N5O. The molecule has 6 heteroatoms. The average molecular weight is 702 g/mol. The summed E-state index contributed by atoms with van der Waals surface area (Å²) < 4.78 is 0. The molecule has 0 aliphatic heterocycles. The Hall–Kier alpha value is -5.17. The largest absolute Gasteiger partial charge is 0.316 e. The Balaban J connectivity index is 1.09. The van der Waals surface area contributed by atoms with Gasteiger partial charge in [-0.25, -0.2) is 0 Å². The van der Waals surface area contributed by atoms with Crippen LogP contribution in [0.25, 0.3) is 34.4 Å². The molecule has 2 fully saturated rings. The van der Waals surface area contributed by atoms with E-state index in [2.05, 4.69) is 80.5 Å². The van der Waals surface area contributed by atoms with Crippen molar-refractivity contribution in [3.8, 4) is 34.4 Å². The highest BCUT2D eigenvalue weighted by molar-refractivity contribution is 5.71. The van der Waals surface area contributed by atoms with Gasteiger partial charge in [0, 0.05) is 40.6 Å². The lowest BCUT2D eigenvalue weighted by molar-refractivity contribution is -0.116. The summed E-state index contributed by atoms with van der Waals surface area (Å²) in [7, 11) is 0. The van der Waals surface area contributed by atoms with Crippen LogP contribution < -0.4 is 5.32 Å². The van der Waals surface area contributed by atoms with Gasteiger partial charge < -0.3 is 10.1 Å². The molecule has 0 radical (unpaired) electrons. The van der Waals surface area contributed by atoms with E-state index in [9.17, 15) is 15.3 Å². The fourth-order valence-corrected chi connectivity index (χ4v) is 8.79. The van der Waals surface area contributed by atoms with Crippen LogP contribution in [0.2, 0.25) is 0 Å². The van der Waals surface area contributed by atoms with Crippen LogP contribution in [0.15, 0.2) is 97.3 Å². The normalized spacial score (nSPS) is 27.3. The van der Waals surface area contributed by atoms with Gasteiger partial charge in [0.15, 0.2) is 0 Å². The number of nitrogens with zero attached hydrogens (tertiary/aromatic N) is 4. The Bertz CT molecular complexity index is 1990. The van der Waals surface area contributed by atoms with Crippen LogP contribution in [0.4, 0.5) is 0 Å². The highest BCUT2D eigenvalue weighted by atomic mass is 16.1. The molecule has 4 aromatic rings. The monoisotopic (exact) mass is 701 g/mol. The molecule has 2 aromatic heterocycles. The van der Waals surface area contributed by atoms with Crippen LogP contribution >= 0.6 is 0 Å². The second-order valence-electron chi connectivity index (χ2n) is 15.5. The van der Waals surface area contributed by atoms with Gasteiger partial charge in [-0.05, 0) is 110 Å². The van der Waals surface area contributed by atoms with Crippen LogP contribution in [0, 0.1) is 75.9 Å². The third-order valence-corrected chi connectivity index (χ3v) is 12.4. The van der Waals surface area contributed by atoms with Crippen LogP contribution in [0.5, 0.6) is 0 Å². The van der Waals surface area contributed by atoms with Crippen molar-refractivity contribution in [2.75, 3.05) is 13.1 Å². The number of nitriles is 2. The molecule has 0 saturated heterocycles. The first-order valence-electron chi connectivity index (χ1n) is 19.2. The zero-order valence-electron chi connectivity index (χ0n) is 31.4. The third kappa shape index (κ3) is 8.73. The Morgan fingerprint density at radius 2 is 1.19 bits per heavy atom. The molecule has 53 heavy (non-hydrogen) atoms. The van der Waals surface area contributed by atoms with E-state index in [1.807, 2.05) is 79.1 Å². The lowest BCUT2D eigenvalue weighted by Crippen LogP contribution is -2.44. The first-order chi connectivity index (χ1) is 25.8. The Morgan fingerprint density at radius 3 is 1.72 bits per heavy atom. The minimum absolute atomic E-state index is 0.0538. The maximum Gasteiger partial charge on any atom is 0.123 e.